The van der Waals surface area contributed by atoms with Crippen LogP contribution in [0.25, 0.3) is 10.9 Å². The Labute approximate surface area is 137 Å². The normalized spacial score (nSPS) is 10.1. The molecule has 0 unspecified atom stereocenters. The van der Waals surface area contributed by atoms with Crippen molar-refractivity contribution in [3.8, 4) is 6.07 Å². The number of para-hydroxylation sites is 1. The number of nitrogens with zero attached hydrogens (tertiary/aromatic N) is 2. The number of carboxylic acids is 1. The molecule has 1 heterocycles. The Morgan fingerprint density at radius 2 is 1.88 bits per heavy atom. The number of nitriles is 1. The topological polar surface area (TPSA) is 103 Å². The molecule has 2 N–H and O–H groups in total. The maximum absolute atomic E-state index is 12.4. The van der Waals surface area contributed by atoms with E-state index < -0.39 is 11.9 Å². The summed E-state index contributed by atoms with van der Waals surface area (Å²) in [6.07, 6.45) is 0. The second-order valence-corrected chi connectivity index (χ2v) is 5.02. The number of hydrogen-bond donors (Lipinski definition) is 2. The van der Waals surface area contributed by atoms with E-state index in [0.717, 1.165) is 5.39 Å². The second kappa shape index (κ2) is 6.18. The Hall–Kier alpha value is -3.72. The van der Waals surface area contributed by atoms with Gasteiger partial charge in [0.1, 0.15) is 5.69 Å². The largest absolute Gasteiger partial charge is 0.478 e. The Morgan fingerprint density at radius 3 is 2.62 bits per heavy atom. The number of anilines is 1. The number of fused-ring (bicyclic) bond motifs is 1. The number of rotatable bonds is 3. The van der Waals surface area contributed by atoms with Gasteiger partial charge in [-0.2, -0.15) is 5.26 Å². The van der Waals surface area contributed by atoms with Gasteiger partial charge in [-0.3, -0.25) is 4.79 Å². The van der Waals surface area contributed by atoms with Gasteiger partial charge < -0.3 is 10.4 Å². The highest BCUT2D eigenvalue weighted by Crippen LogP contribution is 2.19. The third-order valence-electron chi connectivity index (χ3n) is 3.46. The van der Waals surface area contributed by atoms with E-state index in [9.17, 15) is 14.7 Å². The van der Waals surface area contributed by atoms with Crippen molar-refractivity contribution >= 4 is 28.5 Å². The van der Waals surface area contributed by atoms with E-state index in [-0.39, 0.29) is 22.5 Å². The fourth-order valence-electron chi connectivity index (χ4n) is 2.28. The number of benzene rings is 2. The lowest BCUT2D eigenvalue weighted by Gasteiger charge is -2.09. The molecule has 0 aliphatic carbocycles. The summed E-state index contributed by atoms with van der Waals surface area (Å²) in [6.45, 7) is 0. The Bertz CT molecular complexity index is 1010. The summed E-state index contributed by atoms with van der Waals surface area (Å²) in [7, 11) is 0. The fraction of sp³-hybridized carbons (Fsp3) is 0. The molecule has 1 amide bonds. The SMILES string of the molecule is N#Cc1ccc(NC(=O)c2ccc3ccccc3n2)c(C(=O)O)c1. The van der Waals surface area contributed by atoms with Crippen LogP contribution in [0.2, 0.25) is 0 Å². The van der Waals surface area contributed by atoms with Gasteiger partial charge in [-0.05, 0) is 30.3 Å². The first-order valence-corrected chi connectivity index (χ1v) is 7.03. The molecule has 0 radical (unpaired) electrons. The maximum Gasteiger partial charge on any atom is 0.337 e. The molecule has 0 bridgehead atoms. The third kappa shape index (κ3) is 2.91. The summed E-state index contributed by atoms with van der Waals surface area (Å²) in [4.78, 5) is 27.9. The lowest BCUT2D eigenvalue weighted by molar-refractivity contribution is 0.0698. The molecule has 3 rings (SSSR count). The van der Waals surface area contributed by atoms with E-state index in [4.69, 9.17) is 5.26 Å². The van der Waals surface area contributed by atoms with Crippen LogP contribution in [-0.2, 0) is 0 Å². The van der Waals surface area contributed by atoms with Gasteiger partial charge >= 0.3 is 5.97 Å². The van der Waals surface area contributed by atoms with Gasteiger partial charge in [0.05, 0.1) is 28.4 Å². The molecule has 116 valence electrons. The summed E-state index contributed by atoms with van der Waals surface area (Å²) in [5.74, 6) is -1.75. The van der Waals surface area contributed by atoms with Crippen LogP contribution in [0, 0.1) is 11.3 Å². The van der Waals surface area contributed by atoms with Crippen molar-refractivity contribution in [2.75, 3.05) is 5.32 Å². The van der Waals surface area contributed by atoms with Gasteiger partial charge in [0.2, 0.25) is 0 Å². The number of carbonyl (C=O) groups is 2. The van der Waals surface area contributed by atoms with E-state index in [1.165, 1.54) is 18.2 Å². The molecule has 6 heteroatoms. The predicted octanol–water partition coefficient (Wildman–Crippen LogP) is 3.06. The minimum absolute atomic E-state index is 0.112. The smallest absolute Gasteiger partial charge is 0.337 e. The molecule has 0 aliphatic heterocycles. The molecule has 1 aromatic heterocycles. The van der Waals surface area contributed by atoms with Crippen LogP contribution in [0.15, 0.2) is 54.6 Å². The standard InChI is InChI=1S/C18H11N3O3/c19-10-11-5-7-15(13(9-11)18(23)24)21-17(22)16-8-6-12-3-1-2-4-14(12)20-16/h1-9H,(H,21,22)(H,23,24). The third-order valence-corrected chi connectivity index (χ3v) is 3.46. The van der Waals surface area contributed by atoms with Crippen molar-refractivity contribution in [3.05, 3.63) is 71.4 Å². The minimum Gasteiger partial charge on any atom is -0.478 e. The van der Waals surface area contributed by atoms with E-state index in [0.29, 0.717) is 5.52 Å². The molecular weight excluding hydrogens is 306 g/mol. The highest BCUT2D eigenvalue weighted by Gasteiger charge is 2.15. The van der Waals surface area contributed by atoms with Crippen LogP contribution in [0.1, 0.15) is 26.4 Å². The van der Waals surface area contributed by atoms with E-state index in [1.807, 2.05) is 24.3 Å². The highest BCUT2D eigenvalue weighted by molar-refractivity contribution is 6.07. The summed E-state index contributed by atoms with van der Waals surface area (Å²) in [5, 5.41) is 21.5. The van der Waals surface area contributed by atoms with Crippen molar-refractivity contribution in [2.45, 2.75) is 0 Å². The molecule has 0 spiro atoms. The van der Waals surface area contributed by atoms with Crippen LogP contribution in [0.3, 0.4) is 0 Å². The van der Waals surface area contributed by atoms with Crippen molar-refractivity contribution in [3.63, 3.8) is 0 Å². The number of hydrogen-bond acceptors (Lipinski definition) is 4. The van der Waals surface area contributed by atoms with E-state index in [1.54, 1.807) is 18.2 Å². The van der Waals surface area contributed by atoms with Crippen LogP contribution >= 0.6 is 0 Å². The van der Waals surface area contributed by atoms with Crippen LogP contribution in [0.4, 0.5) is 5.69 Å². The molecular formula is C18H11N3O3. The average molecular weight is 317 g/mol. The summed E-state index contributed by atoms with van der Waals surface area (Å²) >= 11 is 0. The molecule has 0 aliphatic rings. The van der Waals surface area contributed by atoms with Gasteiger partial charge in [0, 0.05) is 5.39 Å². The maximum atomic E-state index is 12.4. The number of pyridine rings is 1. The van der Waals surface area contributed by atoms with E-state index in [2.05, 4.69) is 10.3 Å². The summed E-state index contributed by atoms with van der Waals surface area (Å²) in [5.41, 5.74) is 1.01. The molecule has 2 aromatic carbocycles. The van der Waals surface area contributed by atoms with Crippen LogP contribution < -0.4 is 5.32 Å². The number of aromatic carboxylic acids is 1. The lowest BCUT2D eigenvalue weighted by atomic mass is 10.1. The second-order valence-electron chi connectivity index (χ2n) is 5.02. The molecule has 0 atom stereocenters. The van der Waals surface area contributed by atoms with Gasteiger partial charge in [-0.1, -0.05) is 24.3 Å². The molecule has 6 nitrogen and oxygen atoms in total. The van der Waals surface area contributed by atoms with Crippen LogP contribution in [-0.4, -0.2) is 22.0 Å². The summed E-state index contributed by atoms with van der Waals surface area (Å²) < 4.78 is 0. The monoisotopic (exact) mass is 317 g/mol. The minimum atomic E-state index is -1.23. The van der Waals surface area contributed by atoms with Gasteiger partial charge in [-0.15, -0.1) is 0 Å². The van der Waals surface area contributed by atoms with Gasteiger partial charge in [-0.25, -0.2) is 9.78 Å². The molecule has 0 fully saturated rings. The number of nitrogens with one attached hydrogen (secondary N) is 1. The zero-order valence-electron chi connectivity index (χ0n) is 12.4. The Morgan fingerprint density at radius 1 is 1.08 bits per heavy atom. The molecule has 3 aromatic rings. The lowest BCUT2D eigenvalue weighted by Crippen LogP contribution is -2.16. The zero-order valence-corrected chi connectivity index (χ0v) is 12.4. The van der Waals surface area contributed by atoms with Crippen molar-refractivity contribution in [2.24, 2.45) is 0 Å². The summed E-state index contributed by atoms with van der Waals surface area (Å²) in [6, 6.07) is 16.6. The first-order chi connectivity index (χ1) is 11.6. The van der Waals surface area contributed by atoms with Crippen molar-refractivity contribution in [1.29, 1.82) is 5.26 Å². The van der Waals surface area contributed by atoms with Crippen LogP contribution in [0.5, 0.6) is 0 Å². The van der Waals surface area contributed by atoms with E-state index >= 15 is 0 Å². The first-order valence-electron chi connectivity index (χ1n) is 7.03. The number of aromatic nitrogens is 1. The van der Waals surface area contributed by atoms with Gasteiger partial charge in [0.25, 0.3) is 5.91 Å². The number of carboxylic acid groups (broad SMARTS) is 1. The number of carbonyl (C=O) groups excluding carboxylic acids is 1. The molecule has 0 saturated carbocycles. The Balaban J connectivity index is 1.94. The molecule has 0 saturated heterocycles. The predicted molar refractivity (Wildman–Crippen MR) is 87.8 cm³/mol. The number of amides is 1. The fourth-order valence-corrected chi connectivity index (χ4v) is 2.28. The zero-order chi connectivity index (χ0) is 17.1. The average Bonchev–Trinajstić information content (AvgIpc) is 2.61. The van der Waals surface area contributed by atoms with Gasteiger partial charge in [0.15, 0.2) is 0 Å². The van der Waals surface area contributed by atoms with Crippen molar-refractivity contribution < 1.29 is 14.7 Å². The van der Waals surface area contributed by atoms with Crippen molar-refractivity contribution in [1.82, 2.24) is 4.98 Å². The quantitative estimate of drug-likeness (QED) is 0.772. The Kier molecular flexibility index (Phi) is 3.91. The highest BCUT2D eigenvalue weighted by atomic mass is 16.4. The first kappa shape index (κ1) is 15.2. The molecule has 24 heavy (non-hydrogen) atoms.